The Hall–Kier alpha value is -0.260. The second kappa shape index (κ2) is 1.99. The van der Waals surface area contributed by atoms with Crippen molar-refractivity contribution in [1.29, 1.82) is 0 Å². The topological polar surface area (TPSA) is 0 Å². The van der Waals surface area contributed by atoms with Crippen LogP contribution in [0.25, 0.3) is 0 Å². The molecule has 1 fully saturated rings. The average Bonchev–Trinajstić information content (AvgIpc) is 2.40. The molecule has 0 bridgehead atoms. The molecule has 2 rings (SSSR count). The van der Waals surface area contributed by atoms with Gasteiger partial charge in [0.1, 0.15) is 0 Å². The van der Waals surface area contributed by atoms with Crippen LogP contribution >= 0.6 is 0 Å². The third-order valence-electron chi connectivity index (χ3n) is 6.94. The lowest BCUT2D eigenvalue weighted by Crippen LogP contribution is -2.27. The number of hydrogen-bond acceptors (Lipinski definition) is 0. The van der Waals surface area contributed by atoms with Crippen molar-refractivity contribution in [3.05, 3.63) is 11.1 Å². The fourth-order valence-electron chi connectivity index (χ4n) is 4.81. The highest BCUT2D eigenvalue weighted by Gasteiger charge is 2.84. The summed E-state index contributed by atoms with van der Waals surface area (Å²) in [5.41, 5.74) is 5.01. The van der Waals surface area contributed by atoms with Crippen LogP contribution in [-0.2, 0) is 0 Å². The van der Waals surface area contributed by atoms with Gasteiger partial charge < -0.3 is 0 Å². The van der Waals surface area contributed by atoms with Crippen molar-refractivity contribution in [2.75, 3.05) is 0 Å². The lowest BCUT2D eigenvalue weighted by Gasteiger charge is -2.34. The van der Waals surface area contributed by atoms with E-state index in [9.17, 15) is 0 Å². The molecule has 0 aliphatic heterocycles. The smallest absolute Gasteiger partial charge is 0.000792 e. The molecule has 0 nitrogen and oxygen atoms in total. The summed E-state index contributed by atoms with van der Waals surface area (Å²) in [4.78, 5) is 0. The number of rotatable bonds is 0. The van der Waals surface area contributed by atoms with E-state index in [4.69, 9.17) is 0 Å². The third kappa shape index (κ3) is 0.547. The zero-order chi connectivity index (χ0) is 11.2. The van der Waals surface area contributed by atoms with Gasteiger partial charge >= 0.3 is 0 Å². The van der Waals surface area contributed by atoms with Crippen LogP contribution in [0.3, 0.4) is 0 Å². The molecule has 0 saturated heterocycles. The largest absolute Gasteiger partial charge is 0.0676 e. The molecule has 2 aliphatic carbocycles. The van der Waals surface area contributed by atoms with Gasteiger partial charge in [0.05, 0.1) is 0 Å². The first-order valence-electron chi connectivity index (χ1n) is 5.75. The number of allylic oxidation sites excluding steroid dienone is 2. The molecule has 2 unspecified atom stereocenters. The fourth-order valence-corrected chi connectivity index (χ4v) is 4.81. The first-order chi connectivity index (χ1) is 6.07. The van der Waals surface area contributed by atoms with Gasteiger partial charge in [-0.15, -0.1) is 0 Å². The van der Waals surface area contributed by atoms with E-state index in [0.29, 0.717) is 21.7 Å². The Morgan fingerprint density at radius 3 is 1.36 bits per heavy atom. The van der Waals surface area contributed by atoms with Gasteiger partial charge in [-0.2, -0.15) is 0 Å². The van der Waals surface area contributed by atoms with E-state index < -0.39 is 0 Å². The summed E-state index contributed by atoms with van der Waals surface area (Å²) in [5, 5.41) is 0. The monoisotopic (exact) mass is 192 g/mol. The predicted molar refractivity (Wildman–Crippen MR) is 62.2 cm³/mol. The van der Waals surface area contributed by atoms with Gasteiger partial charge in [0.15, 0.2) is 0 Å². The molecule has 2 atom stereocenters. The summed E-state index contributed by atoms with van der Waals surface area (Å²) in [6.07, 6.45) is 0. The lowest BCUT2D eigenvalue weighted by molar-refractivity contribution is 0.206. The van der Waals surface area contributed by atoms with Crippen molar-refractivity contribution in [1.82, 2.24) is 0 Å². The van der Waals surface area contributed by atoms with Gasteiger partial charge in [-0.1, -0.05) is 52.7 Å². The summed E-state index contributed by atoms with van der Waals surface area (Å²) < 4.78 is 0. The molecular formula is C14H24. The molecule has 1 saturated carbocycles. The van der Waals surface area contributed by atoms with E-state index in [1.54, 1.807) is 11.1 Å². The molecule has 0 spiro atoms. The Labute approximate surface area is 88.8 Å². The first kappa shape index (κ1) is 10.3. The maximum Gasteiger partial charge on any atom is 0.000792 e. The van der Waals surface area contributed by atoms with Crippen LogP contribution < -0.4 is 0 Å². The second-order valence-electron chi connectivity index (χ2n) is 6.75. The van der Waals surface area contributed by atoms with Crippen LogP contribution in [0, 0.1) is 21.7 Å². The average molecular weight is 192 g/mol. The standard InChI is InChI=1S/C14H24/c1-9-10(2)13(7)12(5,6)14(13,8)11(9,3)4/h1-8H3. The van der Waals surface area contributed by atoms with Crippen LogP contribution in [0.2, 0.25) is 0 Å². The van der Waals surface area contributed by atoms with Gasteiger partial charge in [-0.3, -0.25) is 0 Å². The van der Waals surface area contributed by atoms with Crippen LogP contribution in [0.4, 0.5) is 0 Å². The SMILES string of the molecule is CC1=C(C)C2(C)C(C)(C)C2(C)C1(C)C. The molecular weight excluding hydrogens is 168 g/mol. The van der Waals surface area contributed by atoms with Crippen LogP contribution in [0.1, 0.15) is 55.4 Å². The first-order valence-corrected chi connectivity index (χ1v) is 5.75. The Kier molecular flexibility index (Phi) is 1.46. The second-order valence-corrected chi connectivity index (χ2v) is 6.75. The minimum Gasteiger partial charge on any atom is -0.0676 e. The Balaban J connectivity index is 2.69. The Morgan fingerprint density at radius 2 is 1.14 bits per heavy atom. The number of fused-ring (bicyclic) bond motifs is 1. The zero-order valence-electron chi connectivity index (χ0n) is 11.0. The normalized spacial score (nSPS) is 48.0. The highest BCUT2D eigenvalue weighted by Crippen LogP contribution is 2.90. The molecule has 0 heterocycles. The molecule has 80 valence electrons. The van der Waals surface area contributed by atoms with Crippen molar-refractivity contribution in [3.8, 4) is 0 Å². The quantitative estimate of drug-likeness (QED) is 0.499. The van der Waals surface area contributed by atoms with Crippen LogP contribution in [0.5, 0.6) is 0 Å². The summed E-state index contributed by atoms with van der Waals surface area (Å²) in [6.45, 7) is 19.3. The van der Waals surface area contributed by atoms with E-state index in [1.165, 1.54) is 0 Å². The van der Waals surface area contributed by atoms with Crippen molar-refractivity contribution in [2.45, 2.75) is 55.4 Å². The molecule has 0 aromatic rings. The summed E-state index contributed by atoms with van der Waals surface area (Å²) in [6, 6.07) is 0. The third-order valence-corrected chi connectivity index (χ3v) is 6.94. The van der Waals surface area contributed by atoms with Gasteiger partial charge in [-0.25, -0.2) is 0 Å². The van der Waals surface area contributed by atoms with Crippen molar-refractivity contribution in [3.63, 3.8) is 0 Å². The summed E-state index contributed by atoms with van der Waals surface area (Å²) in [5.74, 6) is 0. The van der Waals surface area contributed by atoms with E-state index in [0.717, 1.165) is 0 Å². The lowest BCUT2D eigenvalue weighted by atomic mass is 9.70. The van der Waals surface area contributed by atoms with Gasteiger partial charge in [0.2, 0.25) is 0 Å². The molecule has 14 heavy (non-hydrogen) atoms. The van der Waals surface area contributed by atoms with Crippen LogP contribution in [0.15, 0.2) is 11.1 Å². The zero-order valence-corrected chi connectivity index (χ0v) is 11.0. The van der Waals surface area contributed by atoms with Gasteiger partial charge in [0.25, 0.3) is 0 Å². The molecule has 0 aromatic carbocycles. The maximum absolute atomic E-state index is 2.48. The van der Waals surface area contributed by atoms with Gasteiger partial charge in [0, 0.05) is 5.41 Å². The van der Waals surface area contributed by atoms with Crippen LogP contribution in [-0.4, -0.2) is 0 Å². The van der Waals surface area contributed by atoms with E-state index >= 15 is 0 Å². The molecule has 0 amide bonds. The minimum atomic E-state index is 0.370. The van der Waals surface area contributed by atoms with E-state index in [1.807, 2.05) is 0 Å². The van der Waals surface area contributed by atoms with E-state index in [-0.39, 0.29) is 0 Å². The fraction of sp³-hybridized carbons (Fsp3) is 0.857. The molecule has 0 heteroatoms. The van der Waals surface area contributed by atoms with E-state index in [2.05, 4.69) is 55.4 Å². The highest BCUT2D eigenvalue weighted by molar-refractivity contribution is 5.51. The van der Waals surface area contributed by atoms with Crippen molar-refractivity contribution in [2.24, 2.45) is 21.7 Å². The summed E-state index contributed by atoms with van der Waals surface area (Å²) in [7, 11) is 0. The summed E-state index contributed by atoms with van der Waals surface area (Å²) >= 11 is 0. The molecule has 0 aromatic heterocycles. The Bertz CT molecular complexity index is 343. The van der Waals surface area contributed by atoms with Crippen molar-refractivity contribution < 1.29 is 0 Å². The predicted octanol–water partition coefficient (Wildman–Crippen LogP) is 4.42. The van der Waals surface area contributed by atoms with Gasteiger partial charge in [-0.05, 0) is 30.1 Å². The Morgan fingerprint density at radius 1 is 0.714 bits per heavy atom. The molecule has 0 N–H and O–H groups in total. The van der Waals surface area contributed by atoms with Crippen molar-refractivity contribution >= 4 is 0 Å². The highest BCUT2D eigenvalue weighted by atomic mass is 14.9. The minimum absolute atomic E-state index is 0.370. The molecule has 0 radical (unpaired) electrons. The molecule has 2 aliphatic rings. The number of hydrogen-bond donors (Lipinski definition) is 0. The maximum atomic E-state index is 2.48.